The SMILES string of the molecule is CC[C@@H]1OC(=O)[C@H](C)[C@@H](O[C@H]2C[C@@](C)(OC)[C@@H](O)[C@H](C)O2)[C@H](C)[C@H](O[C@@H]2O[C@H](C)C[C@H](N(C)C)[C@H]2O)[C@@](C)(OC)C[C@@H](C)C(=O)NC(C)[C@H]2N(NCCCc3ccnc4ccccc34)C(=O)O[C@]12C. The normalized spacial score (nSPS) is 40.7. The number of carbonyl (C=O) groups is 3. The summed E-state index contributed by atoms with van der Waals surface area (Å²) in [4.78, 5) is 50.1. The second-order valence-electron chi connectivity index (χ2n) is 20.9. The summed E-state index contributed by atoms with van der Waals surface area (Å²) in [7, 11) is 6.84. The van der Waals surface area contributed by atoms with Gasteiger partial charge >= 0.3 is 12.1 Å². The number of esters is 1. The van der Waals surface area contributed by atoms with E-state index in [4.69, 9.17) is 37.9 Å². The fourth-order valence-corrected chi connectivity index (χ4v) is 11.4. The van der Waals surface area contributed by atoms with E-state index in [9.17, 15) is 24.6 Å². The third-order valence-electron chi connectivity index (χ3n) is 15.6. The Balaban J connectivity index is 1.38. The molecule has 4 N–H and O–H groups in total. The number of ether oxygens (including phenoxy) is 8. The minimum Gasteiger partial charge on any atom is -0.458 e. The highest BCUT2D eigenvalue weighted by atomic mass is 16.7. The molecule has 2 aromatic rings. The topological polar surface area (TPSA) is 209 Å². The number of para-hydroxylation sites is 1. The molecule has 0 bridgehead atoms. The second-order valence-corrected chi connectivity index (χ2v) is 20.9. The number of aliphatic hydroxyl groups excluding tert-OH is 2. The van der Waals surface area contributed by atoms with E-state index >= 15 is 0 Å². The van der Waals surface area contributed by atoms with E-state index in [0.717, 1.165) is 16.5 Å². The predicted octanol–water partition coefficient (Wildman–Crippen LogP) is 4.89. The van der Waals surface area contributed by atoms with Crippen molar-refractivity contribution in [1.29, 1.82) is 0 Å². The highest BCUT2D eigenvalue weighted by Crippen LogP contribution is 2.42. The van der Waals surface area contributed by atoms with Crippen LogP contribution >= 0.6 is 0 Å². The zero-order valence-corrected chi connectivity index (χ0v) is 43.3. The van der Waals surface area contributed by atoms with Gasteiger partial charge in [-0.25, -0.2) is 15.2 Å². The van der Waals surface area contributed by atoms with Gasteiger partial charge in [0.25, 0.3) is 0 Å². The minimum absolute atomic E-state index is 0.115. The van der Waals surface area contributed by atoms with E-state index in [1.54, 1.807) is 40.8 Å². The smallest absolute Gasteiger partial charge is 0.425 e. The number of aliphatic hydroxyl groups is 2. The maximum absolute atomic E-state index is 15.0. The van der Waals surface area contributed by atoms with E-state index in [0.29, 0.717) is 25.8 Å². The van der Waals surface area contributed by atoms with Crippen molar-refractivity contribution in [2.75, 3.05) is 34.9 Å². The Morgan fingerprint density at radius 1 is 0.942 bits per heavy atom. The first kappa shape index (κ1) is 54.8. The standard InChI is InChI=1S/C51H81N5O13/c1-15-38-51(10)42(56(48(61)69-51)53-23-18-19-34-22-24-52-36-21-17-16-20-35(34)36)32(6)54-45(59)28(2)26-50(9,63-14)44(68-47-40(57)37(55(11)12)25-29(3)64-47)30(4)41(31(5)46(60)66-38)67-39-27-49(8,62-13)43(58)33(7)65-39/h16-17,20-22,24,28-33,37-44,47,53,57-58H,15,18-19,23,25-27H2,1-14H3,(H,54,59)/t28-,29-,30+,31-,32?,33+,37+,38+,39+,40-,41+,42-,43+,44+,47+,49-,50+,51-/m1/s1. The third kappa shape index (κ3) is 11.6. The van der Waals surface area contributed by atoms with Crippen molar-refractivity contribution in [2.24, 2.45) is 17.8 Å². The Morgan fingerprint density at radius 2 is 1.64 bits per heavy atom. The number of likely N-dealkylation sites (N-methyl/N-ethyl adjacent to an activating group) is 1. The lowest BCUT2D eigenvalue weighted by atomic mass is 9.77. The minimum atomic E-state index is -1.45. The van der Waals surface area contributed by atoms with E-state index in [1.807, 2.05) is 83.9 Å². The first-order chi connectivity index (χ1) is 32.5. The van der Waals surface area contributed by atoms with Crippen LogP contribution in [-0.4, -0.2) is 168 Å². The molecule has 0 aliphatic carbocycles. The van der Waals surface area contributed by atoms with Gasteiger partial charge in [-0.05, 0) is 112 Å². The van der Waals surface area contributed by atoms with Crippen LogP contribution in [0.5, 0.6) is 0 Å². The molecule has 18 nitrogen and oxygen atoms in total. The third-order valence-corrected chi connectivity index (χ3v) is 15.6. The van der Waals surface area contributed by atoms with Gasteiger partial charge in [0.15, 0.2) is 18.2 Å². The van der Waals surface area contributed by atoms with E-state index in [2.05, 4.69) is 15.7 Å². The van der Waals surface area contributed by atoms with Crippen LogP contribution in [0.2, 0.25) is 0 Å². The summed E-state index contributed by atoms with van der Waals surface area (Å²) in [6, 6.07) is 8.10. The van der Waals surface area contributed by atoms with Crippen molar-refractivity contribution in [3.05, 3.63) is 42.1 Å². The molecule has 4 saturated heterocycles. The number of hydrogen-bond acceptors (Lipinski definition) is 16. The summed E-state index contributed by atoms with van der Waals surface area (Å²) in [5, 5.41) is 28.6. The fraction of sp³-hybridized carbons (Fsp3) is 0.765. The van der Waals surface area contributed by atoms with E-state index in [1.165, 1.54) is 19.2 Å². The molecule has 0 radical (unpaired) electrons. The quantitative estimate of drug-likeness (QED) is 0.156. The Hall–Kier alpha value is -3.56. The van der Waals surface area contributed by atoms with Crippen molar-refractivity contribution in [1.82, 2.24) is 25.6 Å². The molecule has 1 aromatic carbocycles. The molecule has 18 heteroatoms. The zero-order valence-electron chi connectivity index (χ0n) is 43.3. The molecule has 2 amide bonds. The highest BCUT2D eigenvalue weighted by molar-refractivity contribution is 5.82. The van der Waals surface area contributed by atoms with Crippen molar-refractivity contribution in [3.8, 4) is 0 Å². The first-order valence-electron chi connectivity index (χ1n) is 24.9. The highest BCUT2D eigenvalue weighted by Gasteiger charge is 2.60. The van der Waals surface area contributed by atoms with Crippen LogP contribution in [0.4, 0.5) is 4.79 Å². The van der Waals surface area contributed by atoms with Crippen molar-refractivity contribution >= 4 is 28.9 Å². The average molecular weight is 972 g/mol. The monoisotopic (exact) mass is 972 g/mol. The molecule has 6 rings (SSSR count). The molecule has 1 aromatic heterocycles. The number of nitrogens with one attached hydrogen (secondary N) is 2. The first-order valence-corrected chi connectivity index (χ1v) is 24.9. The van der Waals surface area contributed by atoms with E-state index < -0.39 is 108 Å². The van der Waals surface area contributed by atoms with Crippen LogP contribution in [0.15, 0.2) is 36.5 Å². The number of carbonyl (C=O) groups excluding carboxylic acids is 3. The number of rotatable bonds is 13. The predicted molar refractivity (Wildman–Crippen MR) is 256 cm³/mol. The molecule has 0 saturated carbocycles. The largest absolute Gasteiger partial charge is 0.458 e. The van der Waals surface area contributed by atoms with Crippen molar-refractivity contribution in [2.45, 2.75) is 198 Å². The van der Waals surface area contributed by atoms with Gasteiger partial charge in [-0.1, -0.05) is 39.0 Å². The van der Waals surface area contributed by atoms with Gasteiger partial charge in [0.1, 0.15) is 24.4 Å². The van der Waals surface area contributed by atoms with Gasteiger partial charge in [0.2, 0.25) is 5.91 Å². The summed E-state index contributed by atoms with van der Waals surface area (Å²) in [5.74, 6) is -3.43. The van der Waals surface area contributed by atoms with Crippen LogP contribution in [0.3, 0.4) is 0 Å². The maximum Gasteiger partial charge on any atom is 0.425 e. The molecule has 69 heavy (non-hydrogen) atoms. The number of benzene rings is 1. The Kier molecular flexibility index (Phi) is 17.8. The van der Waals surface area contributed by atoms with Gasteiger partial charge in [0.05, 0.1) is 53.1 Å². The number of cyclic esters (lactones) is 1. The number of nitrogens with zero attached hydrogens (tertiary/aromatic N) is 3. The van der Waals surface area contributed by atoms with Gasteiger partial charge in [0, 0.05) is 56.6 Å². The van der Waals surface area contributed by atoms with E-state index in [-0.39, 0.29) is 37.3 Å². The van der Waals surface area contributed by atoms with Gasteiger partial charge in [-0.2, -0.15) is 0 Å². The molecule has 4 fully saturated rings. The Labute approximate surface area is 408 Å². The number of hydrazine groups is 1. The van der Waals surface area contributed by atoms with Gasteiger partial charge in [-0.15, -0.1) is 0 Å². The summed E-state index contributed by atoms with van der Waals surface area (Å²) >= 11 is 0. The summed E-state index contributed by atoms with van der Waals surface area (Å²) in [5.41, 5.74) is 1.57. The number of pyridine rings is 1. The van der Waals surface area contributed by atoms with Crippen molar-refractivity contribution in [3.63, 3.8) is 0 Å². The number of aromatic nitrogens is 1. The molecule has 18 atom stereocenters. The van der Waals surface area contributed by atoms with Crippen LogP contribution in [0.25, 0.3) is 10.9 Å². The number of amides is 2. The lowest BCUT2D eigenvalue weighted by molar-refractivity contribution is -0.319. The Bertz CT molecular complexity index is 2060. The molecule has 4 aliphatic heterocycles. The summed E-state index contributed by atoms with van der Waals surface area (Å²) < 4.78 is 51.6. The second kappa shape index (κ2) is 22.5. The molecule has 388 valence electrons. The number of methoxy groups -OCH3 is 2. The van der Waals surface area contributed by atoms with Gasteiger partial charge in [-0.3, -0.25) is 14.6 Å². The van der Waals surface area contributed by atoms with Crippen LogP contribution in [0.1, 0.15) is 107 Å². The van der Waals surface area contributed by atoms with Crippen LogP contribution < -0.4 is 10.7 Å². The van der Waals surface area contributed by atoms with Crippen molar-refractivity contribution < 1.29 is 62.5 Å². The molecule has 4 aliphatic rings. The fourth-order valence-electron chi connectivity index (χ4n) is 11.4. The number of hydrogen-bond donors (Lipinski definition) is 4. The summed E-state index contributed by atoms with van der Waals surface area (Å²) in [6.45, 7) is 18.4. The molecule has 0 spiro atoms. The molecular weight excluding hydrogens is 891 g/mol. The number of fused-ring (bicyclic) bond motifs is 2. The maximum atomic E-state index is 15.0. The number of aryl methyl sites for hydroxylation is 1. The van der Waals surface area contributed by atoms with Crippen LogP contribution in [0, 0.1) is 17.8 Å². The zero-order chi connectivity index (χ0) is 50.7. The lowest BCUT2D eigenvalue weighted by Crippen LogP contribution is -2.63. The molecular formula is C51H81N5O13. The van der Waals surface area contributed by atoms with Gasteiger partial charge < -0.3 is 58.3 Å². The van der Waals surface area contributed by atoms with Crippen LogP contribution in [-0.2, 0) is 53.9 Å². The lowest BCUT2D eigenvalue weighted by Gasteiger charge is -2.49. The summed E-state index contributed by atoms with van der Waals surface area (Å²) in [6.07, 6.45) is -4.60. The molecule has 5 heterocycles. The average Bonchev–Trinajstić information content (AvgIpc) is 3.58. The molecule has 1 unspecified atom stereocenters. The Morgan fingerprint density at radius 3 is 2.30 bits per heavy atom.